The van der Waals surface area contributed by atoms with Gasteiger partial charge in [0.1, 0.15) is 12.4 Å². The van der Waals surface area contributed by atoms with Gasteiger partial charge < -0.3 is 20.7 Å². The Balaban J connectivity index is 1.77. The van der Waals surface area contributed by atoms with Gasteiger partial charge in [-0.25, -0.2) is 0 Å². The van der Waals surface area contributed by atoms with Gasteiger partial charge in [0.25, 0.3) is 0 Å². The zero-order chi connectivity index (χ0) is 15.3. The van der Waals surface area contributed by atoms with Crippen molar-refractivity contribution in [3.05, 3.63) is 24.3 Å². The minimum absolute atomic E-state index is 0.0994. The van der Waals surface area contributed by atoms with Crippen molar-refractivity contribution in [1.82, 2.24) is 4.90 Å². The molecular formula is C16H25N3O2. The zero-order valence-corrected chi connectivity index (χ0v) is 12.9. The Morgan fingerprint density at radius 3 is 2.43 bits per heavy atom. The Bertz CT molecular complexity index is 465. The van der Waals surface area contributed by atoms with Crippen LogP contribution < -0.4 is 15.8 Å². The second-order valence-electron chi connectivity index (χ2n) is 5.51. The number of anilines is 1. The van der Waals surface area contributed by atoms with Crippen LogP contribution in [0.2, 0.25) is 0 Å². The molecule has 0 aliphatic heterocycles. The molecule has 1 saturated carbocycles. The maximum Gasteiger partial charge on any atom is 0.244 e. The average Bonchev–Trinajstić information content (AvgIpc) is 3.25. The van der Waals surface area contributed by atoms with Crippen molar-refractivity contribution in [3.8, 4) is 5.75 Å². The van der Waals surface area contributed by atoms with Crippen molar-refractivity contribution >= 4 is 11.6 Å². The molecule has 116 valence electrons. The van der Waals surface area contributed by atoms with Crippen LogP contribution in [0.25, 0.3) is 0 Å². The summed E-state index contributed by atoms with van der Waals surface area (Å²) >= 11 is 0. The lowest BCUT2D eigenvalue weighted by atomic mass is 10.2. The summed E-state index contributed by atoms with van der Waals surface area (Å²) in [6.07, 6.45) is 1.54. The zero-order valence-electron chi connectivity index (χ0n) is 12.9. The first-order valence-electron chi connectivity index (χ1n) is 7.63. The van der Waals surface area contributed by atoms with Gasteiger partial charge in [-0.2, -0.15) is 0 Å². The third-order valence-corrected chi connectivity index (χ3v) is 3.92. The topological polar surface area (TPSA) is 67.6 Å². The number of carbonyl (C=O) groups is 1. The van der Waals surface area contributed by atoms with E-state index in [1.165, 1.54) is 0 Å². The molecule has 0 heterocycles. The van der Waals surface area contributed by atoms with E-state index in [9.17, 15) is 4.79 Å². The van der Waals surface area contributed by atoms with Gasteiger partial charge in [-0.1, -0.05) is 13.8 Å². The third-order valence-electron chi connectivity index (χ3n) is 3.92. The number of carbonyl (C=O) groups excluding carboxylic acids is 1. The van der Waals surface area contributed by atoms with Gasteiger partial charge in [0.05, 0.1) is 5.54 Å². The molecule has 0 aromatic heterocycles. The Morgan fingerprint density at radius 2 is 1.90 bits per heavy atom. The lowest BCUT2D eigenvalue weighted by molar-refractivity contribution is -0.118. The fourth-order valence-corrected chi connectivity index (χ4v) is 2.08. The first-order chi connectivity index (χ1) is 10.1. The van der Waals surface area contributed by atoms with Crippen molar-refractivity contribution < 1.29 is 9.53 Å². The number of nitrogens with one attached hydrogen (secondary N) is 1. The van der Waals surface area contributed by atoms with Gasteiger partial charge >= 0.3 is 0 Å². The minimum Gasteiger partial charge on any atom is -0.492 e. The second-order valence-corrected chi connectivity index (χ2v) is 5.51. The summed E-state index contributed by atoms with van der Waals surface area (Å²) in [7, 11) is 0. The highest BCUT2D eigenvalue weighted by molar-refractivity contribution is 6.00. The number of hydrogen-bond donors (Lipinski definition) is 2. The molecule has 0 unspecified atom stereocenters. The Hall–Kier alpha value is -1.59. The van der Waals surface area contributed by atoms with Crippen LogP contribution >= 0.6 is 0 Å². The molecule has 21 heavy (non-hydrogen) atoms. The number of hydrogen-bond acceptors (Lipinski definition) is 4. The Morgan fingerprint density at radius 1 is 1.29 bits per heavy atom. The van der Waals surface area contributed by atoms with Crippen LogP contribution in [0.15, 0.2) is 24.3 Å². The number of benzene rings is 1. The highest BCUT2D eigenvalue weighted by Crippen LogP contribution is 2.33. The lowest BCUT2D eigenvalue weighted by Crippen LogP contribution is -2.37. The van der Waals surface area contributed by atoms with E-state index < -0.39 is 5.54 Å². The molecule has 5 heteroatoms. The number of likely N-dealkylation sites (N-methyl/N-ethyl adjacent to an activating group) is 1. The van der Waals surface area contributed by atoms with E-state index >= 15 is 0 Å². The molecule has 1 aromatic carbocycles. The molecule has 1 aromatic rings. The smallest absolute Gasteiger partial charge is 0.244 e. The fourth-order valence-electron chi connectivity index (χ4n) is 2.08. The summed E-state index contributed by atoms with van der Waals surface area (Å²) < 4.78 is 5.70. The van der Waals surface area contributed by atoms with Crippen LogP contribution in [0.3, 0.4) is 0 Å². The van der Waals surface area contributed by atoms with Crippen LogP contribution in [0.4, 0.5) is 5.69 Å². The fraction of sp³-hybridized carbons (Fsp3) is 0.562. The quantitative estimate of drug-likeness (QED) is 0.767. The molecule has 0 spiro atoms. The average molecular weight is 291 g/mol. The largest absolute Gasteiger partial charge is 0.492 e. The number of nitrogens with two attached hydrogens (primary N) is 1. The van der Waals surface area contributed by atoms with E-state index in [1.807, 2.05) is 24.3 Å². The van der Waals surface area contributed by atoms with Crippen LogP contribution in [0, 0.1) is 0 Å². The highest BCUT2D eigenvalue weighted by atomic mass is 16.5. The summed E-state index contributed by atoms with van der Waals surface area (Å²) in [6, 6.07) is 7.43. The molecule has 1 fully saturated rings. The second kappa shape index (κ2) is 6.91. The van der Waals surface area contributed by atoms with Crippen LogP contribution in [-0.4, -0.2) is 42.6 Å². The molecule has 2 rings (SSSR count). The predicted octanol–water partition coefficient (Wildman–Crippen LogP) is 1.84. The first kappa shape index (κ1) is 15.8. The van der Waals surface area contributed by atoms with E-state index in [2.05, 4.69) is 24.1 Å². The molecule has 0 bridgehead atoms. The molecule has 0 radical (unpaired) electrons. The molecule has 5 nitrogen and oxygen atoms in total. The van der Waals surface area contributed by atoms with Crippen LogP contribution in [0.1, 0.15) is 26.7 Å². The standard InChI is InChI=1S/C16H25N3O2/c1-3-19(4-2)11-12-21-14-7-5-13(6-8-14)18-15(20)16(17)9-10-16/h5-8H,3-4,9-12,17H2,1-2H3,(H,18,20). The molecular weight excluding hydrogens is 266 g/mol. The van der Waals surface area contributed by atoms with E-state index in [0.717, 1.165) is 43.9 Å². The van der Waals surface area contributed by atoms with E-state index in [4.69, 9.17) is 10.5 Å². The Kier molecular flexibility index (Phi) is 5.20. The molecule has 0 saturated heterocycles. The minimum atomic E-state index is -0.640. The third kappa shape index (κ3) is 4.44. The van der Waals surface area contributed by atoms with Gasteiger partial charge in [-0.05, 0) is 50.2 Å². The SMILES string of the molecule is CCN(CC)CCOc1ccc(NC(=O)C2(N)CC2)cc1. The molecule has 0 atom stereocenters. The summed E-state index contributed by atoms with van der Waals surface area (Å²) in [5, 5.41) is 2.84. The van der Waals surface area contributed by atoms with E-state index in [-0.39, 0.29) is 5.91 Å². The maximum absolute atomic E-state index is 11.8. The summed E-state index contributed by atoms with van der Waals surface area (Å²) in [5.41, 5.74) is 5.96. The normalized spacial score (nSPS) is 15.8. The first-order valence-corrected chi connectivity index (χ1v) is 7.63. The predicted molar refractivity (Wildman–Crippen MR) is 84.5 cm³/mol. The number of amides is 1. The lowest BCUT2D eigenvalue weighted by Gasteiger charge is -2.18. The van der Waals surface area contributed by atoms with Crippen molar-refractivity contribution in [2.45, 2.75) is 32.2 Å². The van der Waals surface area contributed by atoms with Gasteiger partial charge in [0.15, 0.2) is 0 Å². The number of rotatable bonds is 8. The summed E-state index contributed by atoms with van der Waals surface area (Å²) in [6.45, 7) is 7.94. The monoisotopic (exact) mass is 291 g/mol. The van der Waals surface area contributed by atoms with Gasteiger partial charge in [-0.15, -0.1) is 0 Å². The Labute approximate surface area is 126 Å². The van der Waals surface area contributed by atoms with Crippen molar-refractivity contribution in [2.75, 3.05) is 31.6 Å². The van der Waals surface area contributed by atoms with Crippen molar-refractivity contribution in [2.24, 2.45) is 5.73 Å². The molecule has 1 aliphatic carbocycles. The van der Waals surface area contributed by atoms with Crippen molar-refractivity contribution in [3.63, 3.8) is 0 Å². The number of ether oxygens (including phenoxy) is 1. The van der Waals surface area contributed by atoms with Crippen LogP contribution in [0.5, 0.6) is 5.75 Å². The summed E-state index contributed by atoms with van der Waals surface area (Å²) in [4.78, 5) is 14.1. The van der Waals surface area contributed by atoms with E-state index in [1.54, 1.807) is 0 Å². The summed E-state index contributed by atoms with van der Waals surface area (Å²) in [5.74, 6) is 0.715. The maximum atomic E-state index is 11.8. The van der Waals surface area contributed by atoms with Gasteiger partial charge in [-0.3, -0.25) is 4.79 Å². The molecule has 3 N–H and O–H groups in total. The molecule has 1 aliphatic rings. The van der Waals surface area contributed by atoms with Crippen molar-refractivity contribution in [1.29, 1.82) is 0 Å². The molecule has 1 amide bonds. The van der Waals surface area contributed by atoms with E-state index in [0.29, 0.717) is 6.61 Å². The number of nitrogens with zero attached hydrogens (tertiary/aromatic N) is 1. The van der Waals surface area contributed by atoms with Gasteiger partial charge in [0.2, 0.25) is 5.91 Å². The van der Waals surface area contributed by atoms with Crippen LogP contribution in [-0.2, 0) is 4.79 Å². The highest BCUT2D eigenvalue weighted by Gasteiger charge is 2.45. The van der Waals surface area contributed by atoms with Gasteiger partial charge in [0, 0.05) is 12.2 Å².